The number of likely N-dealkylation sites (tertiary alicyclic amines) is 1. The molecule has 4 heteroatoms. The summed E-state index contributed by atoms with van der Waals surface area (Å²) in [5, 5.41) is 10.3. The summed E-state index contributed by atoms with van der Waals surface area (Å²) in [5.74, 6) is 1.55. The minimum absolute atomic E-state index is 0.405. The number of hydrogen-bond donors (Lipinski definition) is 1. The molecule has 0 bridgehead atoms. The van der Waals surface area contributed by atoms with Crippen LogP contribution >= 0.6 is 0 Å². The predicted molar refractivity (Wildman–Crippen MR) is 84.7 cm³/mol. The van der Waals surface area contributed by atoms with Gasteiger partial charge < -0.3 is 14.3 Å². The quantitative estimate of drug-likeness (QED) is 0.888. The van der Waals surface area contributed by atoms with Crippen LogP contribution in [0.15, 0.2) is 47.1 Å². The standard InChI is InChI=1S/C18H23NO3/c1-21-16-8-6-14(7-9-16)13-19-10-2-4-15(19)12-17(20)18-5-3-11-22-18/h3,5-9,11,15,17,20H,2,4,10,12-13H2,1H3/t15-,17+/m0/s1. The first-order valence-corrected chi connectivity index (χ1v) is 7.84. The van der Waals surface area contributed by atoms with Crippen LogP contribution in [0.25, 0.3) is 0 Å². The molecule has 1 aliphatic rings. The molecule has 0 spiro atoms. The van der Waals surface area contributed by atoms with E-state index in [1.54, 1.807) is 13.4 Å². The van der Waals surface area contributed by atoms with Crippen molar-refractivity contribution in [3.8, 4) is 5.75 Å². The van der Waals surface area contributed by atoms with Gasteiger partial charge in [-0.25, -0.2) is 0 Å². The normalized spacial score (nSPS) is 20.2. The molecule has 1 N–H and O–H groups in total. The number of benzene rings is 1. The van der Waals surface area contributed by atoms with Gasteiger partial charge in [0.05, 0.1) is 13.4 Å². The van der Waals surface area contributed by atoms with Crippen molar-refractivity contribution in [3.05, 3.63) is 54.0 Å². The smallest absolute Gasteiger partial charge is 0.132 e. The number of methoxy groups -OCH3 is 1. The largest absolute Gasteiger partial charge is 0.497 e. The van der Waals surface area contributed by atoms with Crippen molar-refractivity contribution in [3.63, 3.8) is 0 Å². The lowest BCUT2D eigenvalue weighted by molar-refractivity contribution is 0.0995. The van der Waals surface area contributed by atoms with E-state index >= 15 is 0 Å². The van der Waals surface area contributed by atoms with Gasteiger partial charge in [-0.05, 0) is 55.6 Å². The summed E-state index contributed by atoms with van der Waals surface area (Å²) >= 11 is 0. The summed E-state index contributed by atoms with van der Waals surface area (Å²) in [6, 6.07) is 12.3. The highest BCUT2D eigenvalue weighted by atomic mass is 16.5. The molecule has 0 aliphatic carbocycles. The zero-order valence-electron chi connectivity index (χ0n) is 12.9. The van der Waals surface area contributed by atoms with E-state index < -0.39 is 6.10 Å². The molecule has 3 rings (SSSR count). The van der Waals surface area contributed by atoms with Crippen molar-refractivity contribution in [2.24, 2.45) is 0 Å². The molecular weight excluding hydrogens is 278 g/mol. The lowest BCUT2D eigenvalue weighted by Crippen LogP contribution is -2.30. The van der Waals surface area contributed by atoms with Gasteiger partial charge in [-0.15, -0.1) is 0 Å². The van der Waals surface area contributed by atoms with E-state index in [0.717, 1.165) is 31.7 Å². The maximum absolute atomic E-state index is 10.3. The van der Waals surface area contributed by atoms with E-state index in [4.69, 9.17) is 9.15 Å². The lowest BCUT2D eigenvalue weighted by Gasteiger charge is -2.26. The van der Waals surface area contributed by atoms with Gasteiger partial charge in [0, 0.05) is 12.6 Å². The fourth-order valence-electron chi connectivity index (χ4n) is 3.19. The molecule has 1 aliphatic heterocycles. The summed E-state index contributed by atoms with van der Waals surface area (Å²) in [4.78, 5) is 2.45. The van der Waals surface area contributed by atoms with Crippen molar-refractivity contribution < 1.29 is 14.3 Å². The van der Waals surface area contributed by atoms with E-state index in [9.17, 15) is 5.11 Å². The molecular formula is C18H23NO3. The van der Waals surface area contributed by atoms with Crippen LogP contribution in [-0.4, -0.2) is 29.7 Å². The van der Waals surface area contributed by atoms with E-state index in [-0.39, 0.29) is 0 Å². The molecule has 2 atom stereocenters. The van der Waals surface area contributed by atoms with Gasteiger partial charge in [-0.1, -0.05) is 12.1 Å². The number of hydrogen-bond acceptors (Lipinski definition) is 4. The van der Waals surface area contributed by atoms with Gasteiger partial charge in [-0.2, -0.15) is 0 Å². The Balaban J connectivity index is 1.60. The van der Waals surface area contributed by atoms with Gasteiger partial charge >= 0.3 is 0 Å². The molecule has 22 heavy (non-hydrogen) atoms. The van der Waals surface area contributed by atoms with Crippen molar-refractivity contribution in [2.75, 3.05) is 13.7 Å². The summed E-state index contributed by atoms with van der Waals surface area (Å²) in [5.41, 5.74) is 1.28. The van der Waals surface area contributed by atoms with Crippen LogP contribution in [0.1, 0.15) is 36.7 Å². The van der Waals surface area contributed by atoms with E-state index in [1.807, 2.05) is 24.3 Å². The third kappa shape index (κ3) is 3.51. The van der Waals surface area contributed by atoms with Crippen LogP contribution in [0.4, 0.5) is 0 Å². The van der Waals surface area contributed by atoms with Crippen LogP contribution in [0.2, 0.25) is 0 Å². The van der Waals surface area contributed by atoms with Crippen molar-refractivity contribution in [1.82, 2.24) is 4.90 Å². The number of nitrogens with zero attached hydrogens (tertiary/aromatic N) is 1. The number of aliphatic hydroxyl groups is 1. The molecule has 1 saturated heterocycles. The maximum Gasteiger partial charge on any atom is 0.132 e. The second kappa shape index (κ2) is 6.99. The maximum atomic E-state index is 10.3. The summed E-state index contributed by atoms with van der Waals surface area (Å²) in [6.45, 7) is 2.00. The first kappa shape index (κ1) is 15.1. The Morgan fingerprint density at radius 3 is 2.82 bits per heavy atom. The number of aliphatic hydroxyl groups excluding tert-OH is 1. The first-order valence-electron chi connectivity index (χ1n) is 7.84. The van der Waals surface area contributed by atoms with Gasteiger partial charge in [-0.3, -0.25) is 4.90 Å². The number of furan rings is 1. The Morgan fingerprint density at radius 1 is 1.32 bits per heavy atom. The predicted octanol–water partition coefficient (Wildman–Crippen LogP) is 3.38. The zero-order valence-corrected chi connectivity index (χ0v) is 12.9. The van der Waals surface area contributed by atoms with Gasteiger partial charge in [0.1, 0.15) is 17.6 Å². The van der Waals surface area contributed by atoms with Crippen molar-refractivity contribution in [1.29, 1.82) is 0 Å². The zero-order chi connectivity index (χ0) is 15.4. The molecule has 1 aromatic carbocycles. The van der Waals surface area contributed by atoms with Crippen LogP contribution in [-0.2, 0) is 6.54 Å². The highest BCUT2D eigenvalue weighted by molar-refractivity contribution is 5.27. The summed E-state index contributed by atoms with van der Waals surface area (Å²) in [6.07, 6.45) is 4.14. The van der Waals surface area contributed by atoms with E-state index in [1.165, 1.54) is 12.0 Å². The third-order valence-corrected chi connectivity index (χ3v) is 4.41. The Labute approximate surface area is 131 Å². The van der Waals surface area contributed by atoms with Crippen molar-refractivity contribution in [2.45, 2.75) is 38.0 Å². The average molecular weight is 301 g/mol. The Hall–Kier alpha value is -1.78. The summed E-state index contributed by atoms with van der Waals surface area (Å²) in [7, 11) is 1.68. The molecule has 4 nitrogen and oxygen atoms in total. The van der Waals surface area contributed by atoms with E-state index in [0.29, 0.717) is 11.8 Å². The van der Waals surface area contributed by atoms with Gasteiger partial charge in [0.2, 0.25) is 0 Å². The molecule has 0 amide bonds. The Kier molecular flexibility index (Phi) is 4.80. The Bertz CT molecular complexity index is 565. The van der Waals surface area contributed by atoms with E-state index in [2.05, 4.69) is 17.0 Å². The molecule has 0 radical (unpaired) electrons. The van der Waals surface area contributed by atoms with Crippen LogP contribution in [0.5, 0.6) is 5.75 Å². The highest BCUT2D eigenvalue weighted by Gasteiger charge is 2.27. The summed E-state index contributed by atoms with van der Waals surface area (Å²) < 4.78 is 10.5. The Morgan fingerprint density at radius 2 is 2.14 bits per heavy atom. The van der Waals surface area contributed by atoms with Crippen molar-refractivity contribution >= 4 is 0 Å². The number of rotatable bonds is 6. The second-order valence-corrected chi connectivity index (χ2v) is 5.88. The van der Waals surface area contributed by atoms with Crippen LogP contribution < -0.4 is 4.74 Å². The number of ether oxygens (including phenoxy) is 1. The minimum Gasteiger partial charge on any atom is -0.497 e. The fraction of sp³-hybridized carbons (Fsp3) is 0.444. The molecule has 1 fully saturated rings. The molecule has 2 heterocycles. The molecule has 1 aromatic heterocycles. The molecule has 118 valence electrons. The monoisotopic (exact) mass is 301 g/mol. The van der Waals surface area contributed by atoms with Crippen LogP contribution in [0.3, 0.4) is 0 Å². The first-order chi connectivity index (χ1) is 10.8. The van der Waals surface area contributed by atoms with Gasteiger partial charge in [0.25, 0.3) is 0 Å². The second-order valence-electron chi connectivity index (χ2n) is 5.88. The molecule has 2 aromatic rings. The average Bonchev–Trinajstić information content (AvgIpc) is 3.20. The fourth-order valence-corrected chi connectivity index (χ4v) is 3.19. The third-order valence-electron chi connectivity index (χ3n) is 4.41. The molecule has 0 saturated carbocycles. The highest BCUT2D eigenvalue weighted by Crippen LogP contribution is 2.29. The molecule has 0 unspecified atom stereocenters. The van der Waals surface area contributed by atoms with Crippen LogP contribution in [0, 0.1) is 0 Å². The minimum atomic E-state index is -0.517. The van der Waals surface area contributed by atoms with Gasteiger partial charge in [0.15, 0.2) is 0 Å². The lowest BCUT2D eigenvalue weighted by atomic mass is 10.0. The SMILES string of the molecule is COc1ccc(CN2CCC[C@H]2C[C@@H](O)c2ccco2)cc1. The topological polar surface area (TPSA) is 45.8 Å².